The molecular formula is C13H24N2O3. The number of nitrogens with zero attached hydrogens (tertiary/aromatic N) is 1. The van der Waals surface area contributed by atoms with Gasteiger partial charge in [0.25, 0.3) is 0 Å². The summed E-state index contributed by atoms with van der Waals surface area (Å²) in [6.07, 6.45) is 6.48. The summed E-state index contributed by atoms with van der Waals surface area (Å²) in [7, 11) is 0. The average Bonchev–Trinajstić information content (AvgIpc) is 2.99. The Morgan fingerprint density at radius 2 is 2.39 bits per heavy atom. The number of amides is 1. The number of carbonyl (C=O) groups excluding carboxylic acids is 1. The number of unbranched alkanes of at least 4 members (excludes halogenated alkanes) is 1. The summed E-state index contributed by atoms with van der Waals surface area (Å²) in [4.78, 5) is 16.6. The molecule has 1 amide bonds. The van der Waals surface area contributed by atoms with Crippen LogP contribution >= 0.6 is 0 Å². The Hall–Kier alpha value is -0.650. The molecule has 0 aromatic heterocycles. The third kappa shape index (κ3) is 3.67. The molecule has 1 N–H and O–H groups in total. The van der Waals surface area contributed by atoms with E-state index in [1.54, 1.807) is 0 Å². The predicted octanol–water partition coefficient (Wildman–Crippen LogP) is 1.29. The zero-order valence-corrected chi connectivity index (χ0v) is 11.1. The second-order valence-electron chi connectivity index (χ2n) is 5.23. The van der Waals surface area contributed by atoms with Crippen molar-refractivity contribution >= 4 is 6.41 Å². The third-order valence-corrected chi connectivity index (χ3v) is 3.72. The standard InChI is InChI=1S/C13H24N2O3/c1-2-3-4-12-7-13(14-10-16)15(18-12)8-11-5-6-17-9-11/h10-13H,2-9H2,1H3,(H,14,16). The van der Waals surface area contributed by atoms with Gasteiger partial charge in [0.1, 0.15) is 6.17 Å². The molecule has 2 saturated heterocycles. The van der Waals surface area contributed by atoms with E-state index in [0.29, 0.717) is 5.92 Å². The average molecular weight is 256 g/mol. The van der Waals surface area contributed by atoms with Gasteiger partial charge in [-0.15, -0.1) is 0 Å². The van der Waals surface area contributed by atoms with Crippen LogP contribution < -0.4 is 5.32 Å². The molecule has 2 heterocycles. The lowest BCUT2D eigenvalue weighted by Crippen LogP contribution is -2.42. The Balaban J connectivity index is 1.82. The Bertz CT molecular complexity index is 257. The smallest absolute Gasteiger partial charge is 0.208 e. The number of ether oxygens (including phenoxy) is 1. The highest BCUT2D eigenvalue weighted by atomic mass is 16.7. The number of hydrogen-bond acceptors (Lipinski definition) is 4. The van der Waals surface area contributed by atoms with Crippen molar-refractivity contribution in [1.29, 1.82) is 0 Å². The molecule has 5 heteroatoms. The van der Waals surface area contributed by atoms with E-state index in [4.69, 9.17) is 9.57 Å². The summed E-state index contributed by atoms with van der Waals surface area (Å²) in [5.41, 5.74) is 0. The van der Waals surface area contributed by atoms with Crippen LogP contribution in [0.25, 0.3) is 0 Å². The van der Waals surface area contributed by atoms with Crippen molar-refractivity contribution in [2.75, 3.05) is 19.8 Å². The summed E-state index contributed by atoms with van der Waals surface area (Å²) in [6, 6.07) is 0. The van der Waals surface area contributed by atoms with Crippen molar-refractivity contribution in [2.45, 2.75) is 51.3 Å². The first-order valence-corrected chi connectivity index (χ1v) is 7.04. The van der Waals surface area contributed by atoms with Crippen LogP contribution in [0, 0.1) is 5.92 Å². The second-order valence-corrected chi connectivity index (χ2v) is 5.23. The molecule has 18 heavy (non-hydrogen) atoms. The molecule has 0 aromatic rings. The van der Waals surface area contributed by atoms with Crippen molar-refractivity contribution < 1.29 is 14.4 Å². The van der Waals surface area contributed by atoms with Crippen LogP contribution in [0.15, 0.2) is 0 Å². The molecule has 0 radical (unpaired) electrons. The van der Waals surface area contributed by atoms with Gasteiger partial charge in [-0.2, -0.15) is 5.06 Å². The van der Waals surface area contributed by atoms with Crippen molar-refractivity contribution in [3.63, 3.8) is 0 Å². The highest BCUT2D eigenvalue weighted by Crippen LogP contribution is 2.25. The maximum Gasteiger partial charge on any atom is 0.208 e. The topological polar surface area (TPSA) is 50.8 Å². The fourth-order valence-electron chi connectivity index (χ4n) is 2.66. The van der Waals surface area contributed by atoms with Crippen LogP contribution in [0.2, 0.25) is 0 Å². The molecule has 2 rings (SSSR count). The van der Waals surface area contributed by atoms with E-state index in [9.17, 15) is 4.79 Å². The van der Waals surface area contributed by atoms with E-state index in [1.807, 2.05) is 5.06 Å². The third-order valence-electron chi connectivity index (χ3n) is 3.72. The Morgan fingerprint density at radius 3 is 3.06 bits per heavy atom. The van der Waals surface area contributed by atoms with E-state index in [1.165, 1.54) is 12.8 Å². The molecule has 0 aliphatic carbocycles. The van der Waals surface area contributed by atoms with Crippen molar-refractivity contribution in [3.8, 4) is 0 Å². The molecule has 0 saturated carbocycles. The predicted molar refractivity (Wildman–Crippen MR) is 67.6 cm³/mol. The minimum atomic E-state index is 0.0324. The summed E-state index contributed by atoms with van der Waals surface area (Å²) in [6.45, 7) is 4.70. The summed E-state index contributed by atoms with van der Waals surface area (Å²) in [5.74, 6) is 0.533. The van der Waals surface area contributed by atoms with E-state index in [2.05, 4.69) is 12.2 Å². The van der Waals surface area contributed by atoms with E-state index >= 15 is 0 Å². The number of nitrogens with one attached hydrogen (secondary N) is 1. The number of hydroxylamine groups is 2. The van der Waals surface area contributed by atoms with Gasteiger partial charge >= 0.3 is 0 Å². The molecule has 0 aromatic carbocycles. The normalized spacial score (nSPS) is 32.8. The van der Waals surface area contributed by atoms with Crippen molar-refractivity contribution in [3.05, 3.63) is 0 Å². The van der Waals surface area contributed by atoms with Crippen LogP contribution in [-0.2, 0) is 14.4 Å². The lowest BCUT2D eigenvalue weighted by Gasteiger charge is -2.24. The summed E-state index contributed by atoms with van der Waals surface area (Å²) in [5, 5.41) is 4.81. The van der Waals surface area contributed by atoms with Crippen LogP contribution in [0.3, 0.4) is 0 Å². The Morgan fingerprint density at radius 1 is 1.50 bits per heavy atom. The van der Waals surface area contributed by atoms with E-state index in [0.717, 1.165) is 45.4 Å². The number of rotatable bonds is 7. The molecule has 3 unspecified atom stereocenters. The van der Waals surface area contributed by atoms with Crippen LogP contribution in [-0.4, -0.2) is 43.5 Å². The quantitative estimate of drug-likeness (QED) is 0.697. The molecule has 0 spiro atoms. The summed E-state index contributed by atoms with van der Waals surface area (Å²) < 4.78 is 5.38. The first kappa shape index (κ1) is 13.8. The summed E-state index contributed by atoms with van der Waals surface area (Å²) >= 11 is 0. The van der Waals surface area contributed by atoms with Gasteiger partial charge in [0.2, 0.25) is 6.41 Å². The van der Waals surface area contributed by atoms with Crippen molar-refractivity contribution in [1.82, 2.24) is 10.4 Å². The SMILES string of the molecule is CCCCC1CC(NC=O)N(CC2CCOC2)O1. The van der Waals surface area contributed by atoms with Crippen LogP contribution in [0.1, 0.15) is 39.0 Å². The maximum atomic E-state index is 10.6. The second kappa shape index (κ2) is 7.07. The molecule has 5 nitrogen and oxygen atoms in total. The molecular weight excluding hydrogens is 232 g/mol. The number of carbonyl (C=O) groups is 1. The van der Waals surface area contributed by atoms with E-state index < -0.39 is 0 Å². The van der Waals surface area contributed by atoms with Crippen LogP contribution in [0.4, 0.5) is 0 Å². The molecule has 2 aliphatic heterocycles. The fourth-order valence-corrected chi connectivity index (χ4v) is 2.66. The highest BCUT2D eigenvalue weighted by Gasteiger charge is 2.34. The Labute approximate surface area is 109 Å². The van der Waals surface area contributed by atoms with Gasteiger partial charge in [0.05, 0.1) is 12.7 Å². The zero-order chi connectivity index (χ0) is 12.8. The monoisotopic (exact) mass is 256 g/mol. The first-order chi connectivity index (χ1) is 8.83. The minimum absolute atomic E-state index is 0.0324. The van der Waals surface area contributed by atoms with Gasteiger partial charge in [-0.25, -0.2) is 0 Å². The van der Waals surface area contributed by atoms with Crippen LogP contribution in [0.5, 0.6) is 0 Å². The van der Waals surface area contributed by atoms with Gasteiger partial charge in [-0.05, 0) is 18.8 Å². The van der Waals surface area contributed by atoms with E-state index in [-0.39, 0.29) is 12.3 Å². The van der Waals surface area contributed by atoms with Gasteiger partial charge < -0.3 is 10.1 Å². The maximum absolute atomic E-state index is 10.6. The molecule has 2 aliphatic rings. The lowest BCUT2D eigenvalue weighted by molar-refractivity contribution is -0.175. The van der Waals surface area contributed by atoms with Gasteiger partial charge in [-0.3, -0.25) is 9.63 Å². The van der Waals surface area contributed by atoms with Gasteiger partial charge in [0, 0.05) is 19.6 Å². The zero-order valence-electron chi connectivity index (χ0n) is 11.1. The molecule has 3 atom stereocenters. The highest BCUT2D eigenvalue weighted by molar-refractivity contribution is 5.46. The molecule has 2 fully saturated rings. The molecule has 104 valence electrons. The largest absolute Gasteiger partial charge is 0.381 e. The molecule has 0 bridgehead atoms. The lowest BCUT2D eigenvalue weighted by atomic mass is 10.1. The van der Waals surface area contributed by atoms with Gasteiger partial charge in [-0.1, -0.05) is 19.8 Å². The number of hydrogen-bond donors (Lipinski definition) is 1. The van der Waals surface area contributed by atoms with Gasteiger partial charge in [0.15, 0.2) is 0 Å². The first-order valence-electron chi connectivity index (χ1n) is 7.04. The minimum Gasteiger partial charge on any atom is -0.381 e. The van der Waals surface area contributed by atoms with Crippen molar-refractivity contribution in [2.24, 2.45) is 5.92 Å². The fraction of sp³-hybridized carbons (Fsp3) is 0.923. The Kier molecular flexibility index (Phi) is 5.41.